The first-order chi connectivity index (χ1) is 7.97. The number of aliphatic hydroxyl groups is 1. The molecule has 0 spiro atoms. The Balaban J connectivity index is 2.57. The van der Waals surface area contributed by atoms with E-state index in [2.05, 4.69) is 26.5 Å². The van der Waals surface area contributed by atoms with E-state index in [1.165, 1.54) is 5.57 Å². The van der Waals surface area contributed by atoms with Crippen molar-refractivity contribution in [3.63, 3.8) is 0 Å². The van der Waals surface area contributed by atoms with Crippen molar-refractivity contribution in [2.75, 3.05) is 6.61 Å². The molecule has 1 fully saturated rings. The second-order valence-corrected chi connectivity index (χ2v) is 5.39. The lowest BCUT2D eigenvalue weighted by Gasteiger charge is -2.21. The van der Waals surface area contributed by atoms with E-state index < -0.39 is 0 Å². The largest absolute Gasteiger partial charge is 0.396 e. The van der Waals surface area contributed by atoms with E-state index in [-0.39, 0.29) is 30.1 Å². The third-order valence-electron chi connectivity index (χ3n) is 3.84. The van der Waals surface area contributed by atoms with Crippen molar-refractivity contribution in [2.45, 2.75) is 40.0 Å². The fourth-order valence-corrected chi connectivity index (χ4v) is 2.61. The maximum absolute atomic E-state index is 11.7. The Kier molecular flexibility index (Phi) is 5.13. The summed E-state index contributed by atoms with van der Waals surface area (Å²) in [6.45, 7) is 10.3. The van der Waals surface area contributed by atoms with E-state index in [1.54, 1.807) is 0 Å². The highest BCUT2D eigenvalue weighted by atomic mass is 16.3. The van der Waals surface area contributed by atoms with Crippen LogP contribution in [0.3, 0.4) is 0 Å². The zero-order valence-electron chi connectivity index (χ0n) is 11.2. The average Bonchev–Trinajstić information content (AvgIpc) is 2.54. The second-order valence-electron chi connectivity index (χ2n) is 5.39. The fraction of sp³-hybridized carbons (Fsp3) is 0.667. The molecule has 2 nitrogen and oxygen atoms in total. The van der Waals surface area contributed by atoms with Gasteiger partial charge in [0.05, 0.1) is 0 Å². The lowest BCUT2D eigenvalue weighted by Crippen LogP contribution is -2.19. The topological polar surface area (TPSA) is 37.3 Å². The molecule has 2 heteroatoms. The van der Waals surface area contributed by atoms with Crippen LogP contribution in [-0.4, -0.2) is 17.5 Å². The molecule has 1 N–H and O–H groups in total. The third kappa shape index (κ3) is 3.53. The third-order valence-corrected chi connectivity index (χ3v) is 3.84. The maximum atomic E-state index is 11.7. The van der Waals surface area contributed by atoms with Crippen LogP contribution in [0.2, 0.25) is 0 Å². The standard InChI is InChI=1S/C15H24O2/c1-10(2)6-5-7-11(3)13-8-15(17)12(4)14(13)9-16/h6,12-14,16H,3,5,7-9H2,1-2,4H3. The van der Waals surface area contributed by atoms with Crippen LogP contribution in [0.1, 0.15) is 40.0 Å². The number of ketones is 1. The summed E-state index contributed by atoms with van der Waals surface area (Å²) in [5, 5.41) is 9.38. The number of aliphatic hydroxyl groups excluding tert-OH is 1. The van der Waals surface area contributed by atoms with Gasteiger partial charge in [-0.15, -0.1) is 0 Å². The van der Waals surface area contributed by atoms with E-state index in [9.17, 15) is 9.90 Å². The number of allylic oxidation sites excluding steroid dienone is 3. The van der Waals surface area contributed by atoms with E-state index >= 15 is 0 Å². The first-order valence-electron chi connectivity index (χ1n) is 6.42. The molecule has 0 bridgehead atoms. The Morgan fingerprint density at radius 3 is 2.71 bits per heavy atom. The van der Waals surface area contributed by atoms with Crippen molar-refractivity contribution < 1.29 is 9.90 Å². The molecule has 0 aliphatic heterocycles. The number of carbonyl (C=O) groups is 1. The first kappa shape index (κ1) is 14.2. The molecule has 0 aromatic heterocycles. The number of rotatable bonds is 5. The van der Waals surface area contributed by atoms with Crippen molar-refractivity contribution in [1.29, 1.82) is 0 Å². The van der Waals surface area contributed by atoms with Gasteiger partial charge in [0, 0.05) is 18.9 Å². The summed E-state index contributed by atoms with van der Waals surface area (Å²) in [7, 11) is 0. The lowest BCUT2D eigenvalue weighted by molar-refractivity contribution is -0.121. The van der Waals surface area contributed by atoms with Crippen LogP contribution in [0.25, 0.3) is 0 Å². The second kappa shape index (κ2) is 6.15. The fourth-order valence-electron chi connectivity index (χ4n) is 2.61. The number of hydrogen-bond acceptors (Lipinski definition) is 2. The van der Waals surface area contributed by atoms with Crippen LogP contribution >= 0.6 is 0 Å². The van der Waals surface area contributed by atoms with Crippen LogP contribution in [0.5, 0.6) is 0 Å². The van der Waals surface area contributed by atoms with Crippen molar-refractivity contribution in [3.8, 4) is 0 Å². The van der Waals surface area contributed by atoms with Crippen LogP contribution in [0.4, 0.5) is 0 Å². The van der Waals surface area contributed by atoms with E-state index in [4.69, 9.17) is 0 Å². The Hall–Kier alpha value is -0.890. The average molecular weight is 236 g/mol. The smallest absolute Gasteiger partial charge is 0.136 e. The molecule has 96 valence electrons. The summed E-state index contributed by atoms with van der Waals surface area (Å²) in [6.07, 6.45) is 4.67. The molecule has 17 heavy (non-hydrogen) atoms. The molecular formula is C15H24O2. The summed E-state index contributed by atoms with van der Waals surface area (Å²) < 4.78 is 0. The van der Waals surface area contributed by atoms with Gasteiger partial charge in [0.2, 0.25) is 0 Å². The van der Waals surface area contributed by atoms with E-state index in [0.717, 1.165) is 18.4 Å². The van der Waals surface area contributed by atoms with E-state index in [0.29, 0.717) is 6.42 Å². The molecule has 1 aliphatic rings. The molecule has 0 amide bonds. The molecule has 3 atom stereocenters. The molecule has 1 rings (SSSR count). The predicted octanol–water partition coefficient (Wildman–Crippen LogP) is 3.12. The van der Waals surface area contributed by atoms with Crippen molar-refractivity contribution >= 4 is 5.78 Å². The maximum Gasteiger partial charge on any atom is 0.136 e. The van der Waals surface area contributed by atoms with Gasteiger partial charge in [0.25, 0.3) is 0 Å². The zero-order valence-corrected chi connectivity index (χ0v) is 11.2. The Labute approximate surface area is 104 Å². The Morgan fingerprint density at radius 1 is 1.53 bits per heavy atom. The van der Waals surface area contributed by atoms with Gasteiger partial charge in [0.15, 0.2) is 0 Å². The molecule has 0 heterocycles. The monoisotopic (exact) mass is 236 g/mol. The van der Waals surface area contributed by atoms with Crippen LogP contribution < -0.4 is 0 Å². The van der Waals surface area contributed by atoms with Gasteiger partial charge in [-0.3, -0.25) is 4.79 Å². The Bertz CT molecular complexity index is 324. The van der Waals surface area contributed by atoms with Crippen molar-refractivity contribution in [3.05, 3.63) is 23.8 Å². The minimum Gasteiger partial charge on any atom is -0.396 e. The molecule has 0 saturated heterocycles. The highest BCUT2D eigenvalue weighted by Gasteiger charge is 2.39. The quantitative estimate of drug-likeness (QED) is 0.745. The van der Waals surface area contributed by atoms with Gasteiger partial charge in [-0.2, -0.15) is 0 Å². The van der Waals surface area contributed by atoms with Gasteiger partial charge in [-0.05, 0) is 38.5 Å². The highest BCUT2D eigenvalue weighted by Crippen LogP contribution is 2.39. The minimum absolute atomic E-state index is 0.00907. The van der Waals surface area contributed by atoms with Gasteiger partial charge in [-0.25, -0.2) is 0 Å². The SMILES string of the molecule is C=C(CCC=C(C)C)C1CC(=O)C(C)C1CO. The zero-order chi connectivity index (χ0) is 13.0. The summed E-state index contributed by atoms with van der Waals surface area (Å²) in [4.78, 5) is 11.7. The molecule has 0 radical (unpaired) electrons. The number of carbonyl (C=O) groups excluding carboxylic acids is 1. The summed E-state index contributed by atoms with van der Waals surface area (Å²) in [6, 6.07) is 0. The lowest BCUT2D eigenvalue weighted by atomic mass is 9.84. The van der Waals surface area contributed by atoms with Crippen molar-refractivity contribution in [2.24, 2.45) is 17.8 Å². The van der Waals surface area contributed by atoms with Gasteiger partial charge in [-0.1, -0.05) is 30.7 Å². The molecular weight excluding hydrogens is 212 g/mol. The molecule has 1 aliphatic carbocycles. The highest BCUT2D eigenvalue weighted by molar-refractivity contribution is 5.84. The number of Topliss-reactive ketones (excluding diaryl/α,β-unsaturated/α-hetero) is 1. The predicted molar refractivity (Wildman–Crippen MR) is 70.7 cm³/mol. The van der Waals surface area contributed by atoms with Gasteiger partial charge in [0.1, 0.15) is 5.78 Å². The van der Waals surface area contributed by atoms with E-state index in [1.807, 2.05) is 6.92 Å². The van der Waals surface area contributed by atoms with Crippen LogP contribution in [0.15, 0.2) is 23.8 Å². The summed E-state index contributed by atoms with van der Waals surface area (Å²) in [5.74, 6) is 0.539. The molecule has 0 aromatic rings. The van der Waals surface area contributed by atoms with Crippen molar-refractivity contribution in [1.82, 2.24) is 0 Å². The summed E-state index contributed by atoms with van der Waals surface area (Å²) in [5.41, 5.74) is 2.44. The minimum atomic E-state index is -0.00907. The number of hydrogen-bond donors (Lipinski definition) is 1. The van der Waals surface area contributed by atoms with Crippen LogP contribution in [0, 0.1) is 17.8 Å². The first-order valence-corrected chi connectivity index (χ1v) is 6.42. The Morgan fingerprint density at radius 2 is 2.18 bits per heavy atom. The van der Waals surface area contributed by atoms with Gasteiger partial charge >= 0.3 is 0 Å². The molecule has 3 unspecified atom stereocenters. The molecule has 0 aromatic carbocycles. The normalized spacial score (nSPS) is 28.2. The summed E-state index contributed by atoms with van der Waals surface area (Å²) >= 11 is 0. The van der Waals surface area contributed by atoms with Gasteiger partial charge < -0.3 is 5.11 Å². The van der Waals surface area contributed by atoms with Crippen LogP contribution in [-0.2, 0) is 4.79 Å². The molecule has 1 saturated carbocycles.